The molecular formula is C10H12F3N3O3. The van der Waals surface area contributed by atoms with Gasteiger partial charge in [0.1, 0.15) is 6.61 Å². The third kappa shape index (κ3) is 6.73. The minimum absolute atomic E-state index is 0.0317. The fourth-order valence-electron chi connectivity index (χ4n) is 1.21. The van der Waals surface area contributed by atoms with E-state index in [0.717, 1.165) is 0 Å². The van der Waals surface area contributed by atoms with Crippen LogP contribution in [0.3, 0.4) is 0 Å². The van der Waals surface area contributed by atoms with Gasteiger partial charge in [-0.2, -0.15) is 23.4 Å². The number of aliphatic hydroxyl groups excluding tert-OH is 1. The summed E-state index contributed by atoms with van der Waals surface area (Å²) >= 11 is 0. The molecule has 1 unspecified atom stereocenters. The maximum absolute atomic E-state index is 11.8. The summed E-state index contributed by atoms with van der Waals surface area (Å²) in [6, 6.07) is 1.78. The molecule has 1 aromatic rings. The van der Waals surface area contributed by atoms with Crippen molar-refractivity contribution in [1.82, 2.24) is 10.1 Å². The number of ether oxygens (including phenoxy) is 1. The van der Waals surface area contributed by atoms with E-state index in [9.17, 15) is 18.3 Å². The van der Waals surface area contributed by atoms with Crippen LogP contribution in [0.25, 0.3) is 0 Å². The first-order valence-electron chi connectivity index (χ1n) is 5.41. The van der Waals surface area contributed by atoms with E-state index in [2.05, 4.69) is 14.9 Å². The van der Waals surface area contributed by atoms with Crippen molar-refractivity contribution in [3.63, 3.8) is 0 Å². The number of nitriles is 1. The predicted octanol–water partition coefficient (Wildman–Crippen LogP) is 1.01. The average Bonchev–Trinajstić information content (AvgIpc) is 2.71. The average molecular weight is 279 g/mol. The van der Waals surface area contributed by atoms with Crippen molar-refractivity contribution in [1.29, 1.82) is 5.26 Å². The van der Waals surface area contributed by atoms with Crippen LogP contribution in [0.2, 0.25) is 0 Å². The van der Waals surface area contributed by atoms with E-state index in [4.69, 9.17) is 9.78 Å². The monoisotopic (exact) mass is 279 g/mol. The van der Waals surface area contributed by atoms with Gasteiger partial charge in [-0.3, -0.25) is 0 Å². The van der Waals surface area contributed by atoms with Crippen LogP contribution < -0.4 is 0 Å². The predicted molar refractivity (Wildman–Crippen MR) is 54.8 cm³/mol. The minimum Gasteiger partial charge on any atom is -0.392 e. The third-order valence-corrected chi connectivity index (χ3v) is 1.98. The summed E-state index contributed by atoms with van der Waals surface area (Å²) in [5.41, 5.74) is 0. The van der Waals surface area contributed by atoms with Gasteiger partial charge in [0.25, 0.3) is 0 Å². The Balaban J connectivity index is 2.29. The molecule has 0 saturated carbocycles. The van der Waals surface area contributed by atoms with Gasteiger partial charge >= 0.3 is 6.18 Å². The maximum Gasteiger partial charge on any atom is 0.411 e. The summed E-state index contributed by atoms with van der Waals surface area (Å²) in [6.07, 6.45) is -5.21. The Morgan fingerprint density at radius 2 is 2.21 bits per heavy atom. The van der Waals surface area contributed by atoms with E-state index >= 15 is 0 Å². The second kappa shape index (κ2) is 7.06. The highest BCUT2D eigenvalue weighted by Crippen LogP contribution is 2.14. The summed E-state index contributed by atoms with van der Waals surface area (Å²) < 4.78 is 44.5. The smallest absolute Gasteiger partial charge is 0.392 e. The fraction of sp³-hybridized carbons (Fsp3) is 0.700. The second-order valence-electron chi connectivity index (χ2n) is 3.74. The van der Waals surface area contributed by atoms with E-state index in [0.29, 0.717) is 0 Å². The van der Waals surface area contributed by atoms with Crippen LogP contribution in [0.1, 0.15) is 18.1 Å². The number of nitrogens with zero attached hydrogens (tertiary/aromatic N) is 3. The highest BCUT2D eigenvalue weighted by atomic mass is 19.4. The van der Waals surface area contributed by atoms with Gasteiger partial charge in [-0.25, -0.2) is 0 Å². The minimum atomic E-state index is -4.36. The first kappa shape index (κ1) is 15.4. The van der Waals surface area contributed by atoms with Crippen molar-refractivity contribution in [2.45, 2.75) is 31.5 Å². The van der Waals surface area contributed by atoms with Crippen molar-refractivity contribution >= 4 is 0 Å². The van der Waals surface area contributed by atoms with Gasteiger partial charge in [0.15, 0.2) is 5.82 Å². The van der Waals surface area contributed by atoms with Crippen molar-refractivity contribution in [2.24, 2.45) is 0 Å². The summed E-state index contributed by atoms with van der Waals surface area (Å²) in [4.78, 5) is 3.86. The topological polar surface area (TPSA) is 92.2 Å². The molecule has 6 nitrogen and oxygen atoms in total. The van der Waals surface area contributed by atoms with Crippen LogP contribution >= 0.6 is 0 Å². The summed E-state index contributed by atoms with van der Waals surface area (Å²) in [5.74, 6) is 0.329. The van der Waals surface area contributed by atoms with Crippen molar-refractivity contribution in [3.05, 3.63) is 11.7 Å². The zero-order valence-corrected chi connectivity index (χ0v) is 9.85. The molecule has 0 aromatic carbocycles. The molecule has 1 N–H and O–H groups in total. The SMILES string of the molecule is N#CCC(O)Cc1nc(CCOCC(F)(F)F)no1. The first-order chi connectivity index (χ1) is 8.90. The highest BCUT2D eigenvalue weighted by Gasteiger charge is 2.27. The molecule has 1 rings (SSSR count). The van der Waals surface area contributed by atoms with Crippen molar-refractivity contribution < 1.29 is 27.5 Å². The number of hydrogen-bond donors (Lipinski definition) is 1. The van der Waals surface area contributed by atoms with Gasteiger partial charge in [-0.15, -0.1) is 0 Å². The lowest BCUT2D eigenvalue weighted by molar-refractivity contribution is -0.173. The van der Waals surface area contributed by atoms with Crippen LogP contribution in [-0.2, 0) is 17.6 Å². The fourth-order valence-corrected chi connectivity index (χ4v) is 1.21. The number of aromatic nitrogens is 2. The van der Waals surface area contributed by atoms with E-state index in [-0.39, 0.29) is 37.6 Å². The molecule has 0 amide bonds. The molecule has 1 aromatic heterocycles. The standard InChI is InChI=1S/C10H12F3N3O3/c11-10(12,13)6-18-4-2-8-15-9(19-16-8)5-7(17)1-3-14/h7,17H,1-2,4-6H2. The molecule has 106 valence electrons. The molecule has 0 aliphatic carbocycles. The molecule has 0 aliphatic rings. The first-order valence-corrected chi connectivity index (χ1v) is 5.41. The summed E-state index contributed by atoms with van der Waals surface area (Å²) in [7, 11) is 0. The molecule has 19 heavy (non-hydrogen) atoms. The lowest BCUT2D eigenvalue weighted by Crippen LogP contribution is -2.18. The van der Waals surface area contributed by atoms with Crippen LogP contribution in [0.15, 0.2) is 4.52 Å². The van der Waals surface area contributed by atoms with E-state index in [1.165, 1.54) is 0 Å². The molecule has 1 heterocycles. The molecule has 0 saturated heterocycles. The lowest BCUT2D eigenvalue weighted by atomic mass is 10.2. The molecular weight excluding hydrogens is 267 g/mol. The molecule has 1 atom stereocenters. The normalized spacial score (nSPS) is 13.2. The quantitative estimate of drug-likeness (QED) is 0.749. The number of rotatable bonds is 7. The lowest BCUT2D eigenvalue weighted by Gasteiger charge is -2.05. The summed E-state index contributed by atoms with van der Waals surface area (Å²) in [6.45, 7) is -1.50. The molecule has 0 radical (unpaired) electrons. The van der Waals surface area contributed by atoms with Crippen LogP contribution in [0.5, 0.6) is 0 Å². The van der Waals surface area contributed by atoms with E-state index < -0.39 is 18.9 Å². The van der Waals surface area contributed by atoms with E-state index in [1.807, 2.05) is 0 Å². The Morgan fingerprint density at radius 3 is 2.84 bits per heavy atom. The Kier molecular flexibility index (Phi) is 5.72. The number of hydrogen-bond acceptors (Lipinski definition) is 6. The zero-order valence-electron chi connectivity index (χ0n) is 9.85. The largest absolute Gasteiger partial charge is 0.411 e. The van der Waals surface area contributed by atoms with Gasteiger partial charge in [0.05, 0.1) is 31.6 Å². The number of alkyl halides is 3. The van der Waals surface area contributed by atoms with Crippen LogP contribution in [0.4, 0.5) is 13.2 Å². The second-order valence-corrected chi connectivity index (χ2v) is 3.74. The van der Waals surface area contributed by atoms with Gasteiger partial charge in [-0.1, -0.05) is 5.16 Å². The molecule has 0 aliphatic heterocycles. The van der Waals surface area contributed by atoms with Gasteiger partial charge in [-0.05, 0) is 0 Å². The maximum atomic E-state index is 11.8. The zero-order chi connectivity index (χ0) is 14.3. The molecule has 0 spiro atoms. The summed E-state index contributed by atoms with van der Waals surface area (Å²) in [5, 5.41) is 21.2. The van der Waals surface area contributed by atoms with Crippen molar-refractivity contribution in [3.8, 4) is 6.07 Å². The number of aliphatic hydroxyl groups is 1. The number of halogens is 3. The van der Waals surface area contributed by atoms with Crippen molar-refractivity contribution in [2.75, 3.05) is 13.2 Å². The Bertz CT molecular complexity index is 428. The van der Waals surface area contributed by atoms with Gasteiger partial charge in [0, 0.05) is 6.42 Å². The molecule has 0 fully saturated rings. The Hall–Kier alpha value is -1.66. The Labute approximate surface area is 106 Å². The van der Waals surface area contributed by atoms with Crippen LogP contribution in [-0.4, -0.2) is 40.7 Å². The molecule has 0 bridgehead atoms. The highest BCUT2D eigenvalue weighted by molar-refractivity contribution is 4.90. The Morgan fingerprint density at radius 1 is 1.47 bits per heavy atom. The van der Waals surface area contributed by atoms with Crippen LogP contribution in [0, 0.1) is 11.3 Å². The molecule has 9 heteroatoms. The van der Waals surface area contributed by atoms with Gasteiger partial charge in [0.2, 0.25) is 5.89 Å². The third-order valence-electron chi connectivity index (χ3n) is 1.98. The van der Waals surface area contributed by atoms with E-state index in [1.54, 1.807) is 6.07 Å². The van der Waals surface area contributed by atoms with Gasteiger partial charge < -0.3 is 14.4 Å².